The third kappa shape index (κ3) is 3.10. The van der Waals surface area contributed by atoms with Gasteiger partial charge in [0.05, 0.1) is 0 Å². The highest BCUT2D eigenvalue weighted by molar-refractivity contribution is 7.08. The van der Waals surface area contributed by atoms with Crippen LogP contribution in [0.1, 0.15) is 15.9 Å². The van der Waals surface area contributed by atoms with Gasteiger partial charge in [0.15, 0.2) is 5.78 Å². The number of hydrogen-bond acceptors (Lipinski definition) is 3. The highest BCUT2D eigenvalue weighted by atomic mass is 32.1. The van der Waals surface area contributed by atoms with Gasteiger partial charge in [0.2, 0.25) is 0 Å². The van der Waals surface area contributed by atoms with Crippen LogP contribution in [0.25, 0.3) is 0 Å². The second kappa shape index (κ2) is 4.81. The second-order valence-corrected chi connectivity index (χ2v) is 4.19. The molecule has 18 heavy (non-hydrogen) atoms. The Morgan fingerprint density at radius 3 is 2.22 bits per heavy atom. The van der Waals surface area contributed by atoms with Crippen LogP contribution in [-0.4, -0.2) is 12.1 Å². The van der Waals surface area contributed by atoms with Crippen molar-refractivity contribution in [1.29, 1.82) is 0 Å². The van der Waals surface area contributed by atoms with Crippen molar-refractivity contribution in [2.24, 2.45) is 0 Å². The minimum Gasteiger partial charge on any atom is -0.406 e. The molecule has 6 heteroatoms. The minimum atomic E-state index is -4.72. The number of carbonyl (C=O) groups is 1. The van der Waals surface area contributed by atoms with Gasteiger partial charge in [-0.05, 0) is 35.7 Å². The molecule has 2 nitrogen and oxygen atoms in total. The molecular weight excluding hydrogens is 265 g/mol. The Hall–Kier alpha value is -1.82. The number of ketones is 1. The Morgan fingerprint density at radius 1 is 1.06 bits per heavy atom. The van der Waals surface area contributed by atoms with E-state index in [1.54, 1.807) is 16.8 Å². The molecular formula is C12H7F3O2S. The fourth-order valence-corrected chi connectivity index (χ4v) is 2.00. The molecule has 1 aromatic heterocycles. The molecule has 1 aromatic carbocycles. The number of carbonyl (C=O) groups excluding carboxylic acids is 1. The SMILES string of the molecule is O=C(c1ccc(OC(F)(F)F)cc1)c1ccsc1. The average Bonchev–Trinajstić information content (AvgIpc) is 2.80. The second-order valence-electron chi connectivity index (χ2n) is 3.41. The van der Waals surface area contributed by atoms with Crippen LogP contribution in [0.5, 0.6) is 5.75 Å². The first-order valence-electron chi connectivity index (χ1n) is 4.88. The van der Waals surface area contributed by atoms with E-state index < -0.39 is 6.36 Å². The van der Waals surface area contributed by atoms with Crippen LogP contribution >= 0.6 is 11.3 Å². The summed E-state index contributed by atoms with van der Waals surface area (Å²) in [5, 5.41) is 3.44. The molecule has 0 bridgehead atoms. The first-order chi connectivity index (χ1) is 8.46. The molecule has 0 atom stereocenters. The summed E-state index contributed by atoms with van der Waals surface area (Å²) in [6, 6.07) is 6.51. The van der Waals surface area contributed by atoms with Gasteiger partial charge in [-0.15, -0.1) is 13.2 Å². The lowest BCUT2D eigenvalue weighted by atomic mass is 10.1. The minimum absolute atomic E-state index is 0.227. The van der Waals surface area contributed by atoms with E-state index in [0.29, 0.717) is 11.1 Å². The van der Waals surface area contributed by atoms with Crippen molar-refractivity contribution in [3.63, 3.8) is 0 Å². The molecule has 94 valence electrons. The van der Waals surface area contributed by atoms with Crippen molar-refractivity contribution in [2.75, 3.05) is 0 Å². The maximum atomic E-state index is 11.9. The molecule has 0 aliphatic rings. The summed E-state index contributed by atoms with van der Waals surface area (Å²) >= 11 is 1.38. The molecule has 0 amide bonds. The lowest BCUT2D eigenvalue weighted by Crippen LogP contribution is -2.17. The maximum Gasteiger partial charge on any atom is 0.573 e. The highest BCUT2D eigenvalue weighted by Crippen LogP contribution is 2.23. The van der Waals surface area contributed by atoms with Gasteiger partial charge in [-0.3, -0.25) is 4.79 Å². The number of rotatable bonds is 3. The van der Waals surface area contributed by atoms with Crippen LogP contribution in [0.4, 0.5) is 13.2 Å². The highest BCUT2D eigenvalue weighted by Gasteiger charge is 2.31. The quantitative estimate of drug-likeness (QED) is 0.793. The van der Waals surface area contributed by atoms with Gasteiger partial charge in [0, 0.05) is 16.5 Å². The van der Waals surface area contributed by atoms with Crippen molar-refractivity contribution >= 4 is 17.1 Å². The van der Waals surface area contributed by atoms with Gasteiger partial charge >= 0.3 is 6.36 Å². The topological polar surface area (TPSA) is 26.3 Å². The Morgan fingerprint density at radius 2 is 1.72 bits per heavy atom. The monoisotopic (exact) mass is 272 g/mol. The van der Waals surface area contributed by atoms with E-state index in [1.165, 1.54) is 23.5 Å². The Bertz CT molecular complexity index is 529. The number of alkyl halides is 3. The third-order valence-corrected chi connectivity index (χ3v) is 2.82. The fraction of sp³-hybridized carbons (Fsp3) is 0.0833. The number of hydrogen-bond donors (Lipinski definition) is 0. The van der Waals surface area contributed by atoms with Crippen molar-refractivity contribution < 1.29 is 22.7 Å². The van der Waals surface area contributed by atoms with Crippen LogP contribution in [-0.2, 0) is 0 Å². The zero-order valence-corrected chi connectivity index (χ0v) is 9.72. The normalized spacial score (nSPS) is 11.3. The predicted octanol–water partition coefficient (Wildman–Crippen LogP) is 3.88. The summed E-state index contributed by atoms with van der Waals surface area (Å²) in [4.78, 5) is 11.8. The molecule has 0 saturated carbocycles. The Kier molecular flexibility index (Phi) is 3.38. The molecule has 0 saturated heterocycles. The summed E-state index contributed by atoms with van der Waals surface area (Å²) in [5.74, 6) is -0.570. The standard InChI is InChI=1S/C12H7F3O2S/c13-12(14,15)17-10-3-1-8(2-4-10)11(16)9-5-6-18-7-9/h1-7H. The molecule has 0 unspecified atom stereocenters. The molecule has 2 aromatic rings. The molecule has 0 fully saturated rings. The van der Waals surface area contributed by atoms with E-state index in [4.69, 9.17) is 0 Å². The van der Waals surface area contributed by atoms with Crippen LogP contribution in [0.3, 0.4) is 0 Å². The molecule has 0 N–H and O–H groups in total. The Labute approximate surface area is 105 Å². The number of benzene rings is 1. The fourth-order valence-electron chi connectivity index (χ4n) is 1.37. The van der Waals surface area contributed by atoms with Crippen molar-refractivity contribution in [1.82, 2.24) is 0 Å². The van der Waals surface area contributed by atoms with E-state index in [-0.39, 0.29) is 11.5 Å². The third-order valence-electron chi connectivity index (χ3n) is 2.13. The van der Waals surface area contributed by atoms with Gasteiger partial charge in [-0.25, -0.2) is 0 Å². The summed E-state index contributed by atoms with van der Waals surface area (Å²) < 4.78 is 39.5. The zero-order valence-electron chi connectivity index (χ0n) is 8.90. The molecule has 1 heterocycles. The smallest absolute Gasteiger partial charge is 0.406 e. The number of ether oxygens (including phenoxy) is 1. The summed E-state index contributed by atoms with van der Waals surface area (Å²) in [5.41, 5.74) is 0.840. The van der Waals surface area contributed by atoms with Crippen LogP contribution in [0, 0.1) is 0 Å². The van der Waals surface area contributed by atoms with E-state index in [9.17, 15) is 18.0 Å². The lowest BCUT2D eigenvalue weighted by Gasteiger charge is -2.08. The lowest BCUT2D eigenvalue weighted by molar-refractivity contribution is -0.274. The van der Waals surface area contributed by atoms with E-state index in [0.717, 1.165) is 12.1 Å². The predicted molar refractivity (Wildman–Crippen MR) is 60.9 cm³/mol. The first kappa shape index (κ1) is 12.6. The number of thiophene rings is 1. The van der Waals surface area contributed by atoms with Gasteiger partial charge in [0.1, 0.15) is 5.75 Å². The van der Waals surface area contributed by atoms with E-state index in [1.807, 2.05) is 0 Å². The maximum absolute atomic E-state index is 11.9. The van der Waals surface area contributed by atoms with Crippen LogP contribution in [0.2, 0.25) is 0 Å². The van der Waals surface area contributed by atoms with Gasteiger partial charge in [0.25, 0.3) is 0 Å². The first-order valence-corrected chi connectivity index (χ1v) is 5.83. The summed E-state index contributed by atoms with van der Waals surface area (Å²) in [6.07, 6.45) is -4.72. The van der Waals surface area contributed by atoms with Crippen LogP contribution in [0.15, 0.2) is 41.1 Å². The number of halogens is 3. The average molecular weight is 272 g/mol. The summed E-state index contributed by atoms with van der Waals surface area (Å²) in [6.45, 7) is 0. The van der Waals surface area contributed by atoms with Gasteiger partial charge in [-0.2, -0.15) is 11.3 Å². The van der Waals surface area contributed by atoms with Crippen molar-refractivity contribution in [3.8, 4) is 5.75 Å². The largest absolute Gasteiger partial charge is 0.573 e. The van der Waals surface area contributed by atoms with Crippen LogP contribution < -0.4 is 4.74 Å². The Balaban J connectivity index is 2.15. The molecule has 2 rings (SSSR count). The van der Waals surface area contributed by atoms with Crippen molar-refractivity contribution in [2.45, 2.75) is 6.36 Å². The van der Waals surface area contributed by atoms with E-state index >= 15 is 0 Å². The molecule has 0 spiro atoms. The zero-order chi connectivity index (χ0) is 13.2. The van der Waals surface area contributed by atoms with E-state index in [2.05, 4.69) is 4.74 Å². The van der Waals surface area contributed by atoms with Gasteiger partial charge in [-0.1, -0.05) is 0 Å². The summed E-state index contributed by atoms with van der Waals surface area (Å²) in [7, 11) is 0. The molecule has 0 radical (unpaired) electrons. The van der Waals surface area contributed by atoms with Gasteiger partial charge < -0.3 is 4.74 Å². The molecule has 0 aliphatic heterocycles. The molecule has 0 aliphatic carbocycles. The van der Waals surface area contributed by atoms with Crippen molar-refractivity contribution in [3.05, 3.63) is 52.2 Å².